The van der Waals surface area contributed by atoms with E-state index in [1.54, 1.807) is 30.0 Å². The second-order valence-corrected chi connectivity index (χ2v) is 10.6. The maximum absolute atomic E-state index is 13.4. The van der Waals surface area contributed by atoms with Crippen LogP contribution < -0.4 is 5.32 Å². The second kappa shape index (κ2) is 10.5. The number of furan rings is 1. The van der Waals surface area contributed by atoms with Gasteiger partial charge in [0.15, 0.2) is 5.76 Å². The average molecular weight is 496 g/mol. The third kappa shape index (κ3) is 5.63. The van der Waals surface area contributed by atoms with Gasteiger partial charge in [0.05, 0.1) is 11.2 Å². The Labute approximate surface area is 205 Å². The van der Waals surface area contributed by atoms with Crippen molar-refractivity contribution in [2.75, 3.05) is 26.2 Å². The molecular weight excluding hydrogens is 466 g/mol. The molecule has 1 fully saturated rings. The lowest BCUT2D eigenvalue weighted by Gasteiger charge is -2.36. The lowest BCUT2D eigenvalue weighted by molar-refractivity contribution is -0.134. The molecular formula is C26H29N3O5S. The maximum Gasteiger partial charge on any atom is 0.287 e. The van der Waals surface area contributed by atoms with Gasteiger partial charge in [-0.3, -0.25) is 9.59 Å². The Kier molecular flexibility index (Phi) is 7.37. The highest BCUT2D eigenvalue weighted by Gasteiger charge is 2.34. The quantitative estimate of drug-likeness (QED) is 0.543. The summed E-state index contributed by atoms with van der Waals surface area (Å²) in [5.74, 6) is -0.599. The lowest BCUT2D eigenvalue weighted by atomic mass is 10.0. The number of aryl methyl sites for hydroxylation is 2. The van der Waals surface area contributed by atoms with Crippen LogP contribution in [0.15, 0.2) is 76.2 Å². The zero-order valence-corrected chi connectivity index (χ0v) is 20.6. The van der Waals surface area contributed by atoms with E-state index in [2.05, 4.69) is 5.32 Å². The van der Waals surface area contributed by atoms with E-state index in [9.17, 15) is 18.0 Å². The summed E-state index contributed by atoms with van der Waals surface area (Å²) >= 11 is 0. The first-order chi connectivity index (χ1) is 16.8. The van der Waals surface area contributed by atoms with Gasteiger partial charge in [-0.05, 0) is 48.7 Å². The van der Waals surface area contributed by atoms with Gasteiger partial charge < -0.3 is 14.6 Å². The molecule has 0 saturated carbocycles. The molecule has 35 heavy (non-hydrogen) atoms. The van der Waals surface area contributed by atoms with Gasteiger partial charge in [-0.1, -0.05) is 42.5 Å². The van der Waals surface area contributed by atoms with Crippen molar-refractivity contribution in [3.05, 3.63) is 89.4 Å². The van der Waals surface area contributed by atoms with Crippen LogP contribution in [0.1, 0.15) is 27.2 Å². The predicted octanol–water partition coefficient (Wildman–Crippen LogP) is 2.77. The molecule has 0 spiro atoms. The molecule has 0 bridgehead atoms. The number of hydrogen-bond donors (Lipinski definition) is 1. The zero-order chi connectivity index (χ0) is 25.0. The van der Waals surface area contributed by atoms with Gasteiger partial charge in [0.25, 0.3) is 5.91 Å². The number of nitrogens with zero attached hydrogens (tertiary/aromatic N) is 2. The molecule has 1 aromatic heterocycles. The van der Waals surface area contributed by atoms with E-state index >= 15 is 0 Å². The maximum atomic E-state index is 13.4. The fraction of sp³-hybridized carbons (Fsp3) is 0.308. The van der Waals surface area contributed by atoms with Crippen LogP contribution in [0.5, 0.6) is 0 Å². The van der Waals surface area contributed by atoms with Crippen molar-refractivity contribution in [2.24, 2.45) is 0 Å². The molecule has 8 nitrogen and oxygen atoms in total. The molecule has 2 heterocycles. The molecule has 2 aromatic carbocycles. The molecule has 4 rings (SSSR count). The van der Waals surface area contributed by atoms with Crippen molar-refractivity contribution >= 4 is 21.8 Å². The molecule has 1 aliphatic heterocycles. The number of amides is 2. The van der Waals surface area contributed by atoms with E-state index in [4.69, 9.17) is 4.42 Å². The molecule has 184 valence electrons. The van der Waals surface area contributed by atoms with Crippen LogP contribution in [0, 0.1) is 13.8 Å². The van der Waals surface area contributed by atoms with Crippen LogP contribution >= 0.6 is 0 Å². The van der Waals surface area contributed by atoms with Gasteiger partial charge >= 0.3 is 0 Å². The van der Waals surface area contributed by atoms with Gasteiger partial charge in [-0.25, -0.2) is 8.42 Å². The molecule has 0 unspecified atom stereocenters. The number of rotatable bonds is 7. The molecule has 9 heteroatoms. The summed E-state index contributed by atoms with van der Waals surface area (Å²) in [6.45, 7) is 4.49. The largest absolute Gasteiger partial charge is 0.459 e. The minimum absolute atomic E-state index is 0.125. The summed E-state index contributed by atoms with van der Waals surface area (Å²) in [5, 5.41) is 2.79. The molecule has 0 aliphatic carbocycles. The number of nitrogens with one attached hydrogen (secondary N) is 1. The topological polar surface area (TPSA) is 99.9 Å². The third-order valence-corrected chi connectivity index (χ3v) is 8.18. The predicted molar refractivity (Wildman–Crippen MR) is 131 cm³/mol. The number of benzene rings is 2. The van der Waals surface area contributed by atoms with Gasteiger partial charge in [0.1, 0.15) is 6.04 Å². The molecule has 1 atom stereocenters. The van der Waals surface area contributed by atoms with Gasteiger partial charge in [0.2, 0.25) is 15.9 Å². The van der Waals surface area contributed by atoms with E-state index in [-0.39, 0.29) is 37.8 Å². The van der Waals surface area contributed by atoms with Gasteiger partial charge in [-0.2, -0.15) is 4.31 Å². The fourth-order valence-corrected chi connectivity index (χ4v) is 5.91. The Bertz CT molecular complexity index is 1280. The van der Waals surface area contributed by atoms with Crippen LogP contribution in [-0.4, -0.2) is 61.7 Å². The Morgan fingerprint density at radius 1 is 0.971 bits per heavy atom. The average Bonchev–Trinajstić information content (AvgIpc) is 3.41. The summed E-state index contributed by atoms with van der Waals surface area (Å²) in [7, 11) is -3.67. The van der Waals surface area contributed by atoms with E-state index in [0.717, 1.165) is 11.1 Å². The molecule has 0 radical (unpaired) electrons. The summed E-state index contributed by atoms with van der Waals surface area (Å²) < 4.78 is 33.1. The van der Waals surface area contributed by atoms with Crippen LogP contribution in [-0.2, 0) is 21.2 Å². The van der Waals surface area contributed by atoms with Crippen molar-refractivity contribution in [2.45, 2.75) is 31.2 Å². The second-order valence-electron chi connectivity index (χ2n) is 8.69. The number of carbonyl (C=O) groups excluding carboxylic acids is 2. The normalized spacial score (nSPS) is 15.5. The van der Waals surface area contributed by atoms with E-state index in [1.807, 2.05) is 43.3 Å². The lowest BCUT2D eigenvalue weighted by Crippen LogP contribution is -2.56. The first-order valence-electron chi connectivity index (χ1n) is 11.5. The number of sulfonamides is 1. The van der Waals surface area contributed by atoms with Crippen LogP contribution in [0.4, 0.5) is 0 Å². The zero-order valence-electron chi connectivity index (χ0n) is 19.8. The minimum atomic E-state index is -3.67. The minimum Gasteiger partial charge on any atom is -0.459 e. The van der Waals surface area contributed by atoms with Crippen molar-refractivity contribution in [3.63, 3.8) is 0 Å². The Hall–Kier alpha value is -3.43. The molecule has 1 saturated heterocycles. The fourth-order valence-electron chi connectivity index (χ4n) is 4.18. The summed E-state index contributed by atoms with van der Waals surface area (Å²) in [6.07, 6.45) is 1.71. The smallest absolute Gasteiger partial charge is 0.287 e. The Morgan fingerprint density at radius 2 is 1.69 bits per heavy atom. The van der Waals surface area contributed by atoms with E-state index < -0.39 is 22.0 Å². The number of carbonyl (C=O) groups is 2. The molecule has 1 aliphatic rings. The summed E-state index contributed by atoms with van der Waals surface area (Å²) in [6, 6.07) is 17.1. The first-order valence-corrected chi connectivity index (χ1v) is 12.9. The highest BCUT2D eigenvalue weighted by atomic mass is 32.2. The first kappa shape index (κ1) is 24.7. The van der Waals surface area contributed by atoms with Crippen molar-refractivity contribution in [3.8, 4) is 0 Å². The standard InChI is InChI=1S/C26H29N3O5S/c1-19-10-11-20(2)24(17-19)35(32,33)29-14-12-28(13-15-29)26(31)22(18-21-7-4-3-5-8-21)27-25(30)23-9-6-16-34-23/h3-11,16-17,22H,12-15,18H2,1-2H3,(H,27,30)/t22-/m1/s1. The SMILES string of the molecule is Cc1ccc(C)c(S(=O)(=O)N2CCN(C(=O)[C@@H](Cc3ccccc3)NC(=O)c3ccco3)CC2)c1. The Morgan fingerprint density at radius 3 is 2.34 bits per heavy atom. The summed E-state index contributed by atoms with van der Waals surface area (Å²) in [4.78, 5) is 28.0. The monoisotopic (exact) mass is 495 g/mol. The van der Waals surface area contributed by atoms with Crippen molar-refractivity contribution in [1.82, 2.24) is 14.5 Å². The van der Waals surface area contributed by atoms with Crippen LogP contribution in [0.2, 0.25) is 0 Å². The highest BCUT2D eigenvalue weighted by Crippen LogP contribution is 2.23. The van der Waals surface area contributed by atoms with E-state index in [1.165, 1.54) is 16.6 Å². The van der Waals surface area contributed by atoms with Crippen molar-refractivity contribution in [1.29, 1.82) is 0 Å². The molecule has 3 aromatic rings. The van der Waals surface area contributed by atoms with Crippen LogP contribution in [0.3, 0.4) is 0 Å². The number of hydrogen-bond acceptors (Lipinski definition) is 5. The number of piperazine rings is 1. The van der Waals surface area contributed by atoms with Gasteiger partial charge in [-0.15, -0.1) is 0 Å². The summed E-state index contributed by atoms with van der Waals surface area (Å²) in [5.41, 5.74) is 2.47. The van der Waals surface area contributed by atoms with Gasteiger partial charge in [0, 0.05) is 32.6 Å². The third-order valence-electron chi connectivity index (χ3n) is 6.14. The highest BCUT2D eigenvalue weighted by molar-refractivity contribution is 7.89. The van der Waals surface area contributed by atoms with E-state index in [0.29, 0.717) is 16.9 Å². The Balaban J connectivity index is 1.47. The molecule has 1 N–H and O–H groups in total. The molecule has 2 amide bonds. The van der Waals surface area contributed by atoms with Crippen LogP contribution in [0.25, 0.3) is 0 Å². The van der Waals surface area contributed by atoms with Crippen molar-refractivity contribution < 1.29 is 22.4 Å².